The van der Waals surface area contributed by atoms with Gasteiger partial charge in [0.05, 0.1) is 11.6 Å². The van der Waals surface area contributed by atoms with E-state index in [0.717, 1.165) is 25.1 Å². The maximum absolute atomic E-state index is 8.74. The summed E-state index contributed by atoms with van der Waals surface area (Å²) >= 11 is 0. The number of nitrogens with zero attached hydrogens (tertiary/aromatic N) is 2. The molecule has 0 fully saturated rings. The lowest BCUT2D eigenvalue weighted by molar-refractivity contribution is 0.244. The van der Waals surface area contributed by atoms with Gasteiger partial charge in [-0.25, -0.2) is 0 Å². The van der Waals surface area contributed by atoms with Gasteiger partial charge in [-0.1, -0.05) is 12.1 Å². The van der Waals surface area contributed by atoms with Crippen LogP contribution in [0.15, 0.2) is 24.3 Å². The SMILES string of the molecule is CN(CCCO)Cc1cccc(C#N)c1. The molecule has 0 amide bonds. The number of rotatable bonds is 5. The number of nitriles is 1. The van der Waals surface area contributed by atoms with Gasteiger partial charge < -0.3 is 10.0 Å². The molecule has 0 aromatic heterocycles. The highest BCUT2D eigenvalue weighted by atomic mass is 16.3. The fraction of sp³-hybridized carbons (Fsp3) is 0.417. The van der Waals surface area contributed by atoms with Crippen LogP contribution in [-0.4, -0.2) is 30.2 Å². The van der Waals surface area contributed by atoms with Crippen molar-refractivity contribution in [3.05, 3.63) is 35.4 Å². The van der Waals surface area contributed by atoms with E-state index < -0.39 is 0 Å². The minimum Gasteiger partial charge on any atom is -0.396 e. The minimum atomic E-state index is 0.225. The van der Waals surface area contributed by atoms with Crippen molar-refractivity contribution in [3.8, 4) is 6.07 Å². The third-order valence-corrected chi connectivity index (χ3v) is 2.21. The van der Waals surface area contributed by atoms with Crippen molar-refractivity contribution in [2.75, 3.05) is 20.2 Å². The zero-order valence-corrected chi connectivity index (χ0v) is 8.98. The second-order valence-corrected chi connectivity index (χ2v) is 3.63. The number of benzene rings is 1. The average Bonchev–Trinajstić information content (AvgIpc) is 2.26. The number of aliphatic hydroxyl groups excluding tert-OH is 1. The van der Waals surface area contributed by atoms with Crippen LogP contribution in [0, 0.1) is 11.3 Å². The molecule has 1 N–H and O–H groups in total. The van der Waals surface area contributed by atoms with Crippen LogP contribution in [0.3, 0.4) is 0 Å². The molecule has 0 heterocycles. The van der Waals surface area contributed by atoms with Gasteiger partial charge in [0.25, 0.3) is 0 Å². The van der Waals surface area contributed by atoms with Crippen molar-refractivity contribution in [3.63, 3.8) is 0 Å². The van der Waals surface area contributed by atoms with Crippen molar-refractivity contribution >= 4 is 0 Å². The van der Waals surface area contributed by atoms with E-state index in [4.69, 9.17) is 10.4 Å². The lowest BCUT2D eigenvalue weighted by Crippen LogP contribution is -2.19. The Kier molecular flexibility index (Phi) is 4.82. The average molecular weight is 204 g/mol. The van der Waals surface area contributed by atoms with Crippen molar-refractivity contribution in [2.24, 2.45) is 0 Å². The van der Waals surface area contributed by atoms with Gasteiger partial charge in [0.2, 0.25) is 0 Å². The zero-order valence-electron chi connectivity index (χ0n) is 8.98. The molecule has 0 aliphatic carbocycles. The molecule has 3 nitrogen and oxygen atoms in total. The first-order valence-corrected chi connectivity index (χ1v) is 5.04. The highest BCUT2D eigenvalue weighted by molar-refractivity contribution is 5.32. The first-order chi connectivity index (χ1) is 7.26. The lowest BCUT2D eigenvalue weighted by Gasteiger charge is -2.15. The Balaban J connectivity index is 2.53. The van der Waals surface area contributed by atoms with E-state index >= 15 is 0 Å². The topological polar surface area (TPSA) is 47.3 Å². The molecule has 0 radical (unpaired) electrons. The van der Waals surface area contributed by atoms with Crippen molar-refractivity contribution in [1.29, 1.82) is 5.26 Å². The molecule has 1 aromatic rings. The molecular formula is C12H16N2O. The first kappa shape index (κ1) is 11.7. The Hall–Kier alpha value is -1.37. The fourth-order valence-corrected chi connectivity index (χ4v) is 1.47. The van der Waals surface area contributed by atoms with E-state index in [1.165, 1.54) is 0 Å². The lowest BCUT2D eigenvalue weighted by atomic mass is 10.1. The third-order valence-electron chi connectivity index (χ3n) is 2.21. The quantitative estimate of drug-likeness (QED) is 0.788. The Morgan fingerprint density at radius 1 is 1.47 bits per heavy atom. The summed E-state index contributed by atoms with van der Waals surface area (Å²) in [5, 5.41) is 17.4. The first-order valence-electron chi connectivity index (χ1n) is 5.04. The van der Waals surface area contributed by atoms with E-state index in [-0.39, 0.29) is 6.61 Å². The Labute approximate surface area is 90.6 Å². The molecule has 0 aliphatic rings. The van der Waals surface area contributed by atoms with E-state index in [9.17, 15) is 0 Å². The molecule has 0 spiro atoms. The standard InChI is InChI=1S/C12H16N2O/c1-14(6-3-7-15)10-12-5-2-4-11(8-12)9-13/h2,4-5,8,15H,3,6-7,10H2,1H3. The van der Waals surface area contributed by atoms with Crippen LogP contribution in [0.1, 0.15) is 17.5 Å². The Morgan fingerprint density at radius 2 is 2.27 bits per heavy atom. The summed E-state index contributed by atoms with van der Waals surface area (Å²) in [6.45, 7) is 1.91. The predicted molar refractivity (Wildman–Crippen MR) is 59.2 cm³/mol. The summed E-state index contributed by atoms with van der Waals surface area (Å²) in [6.07, 6.45) is 0.786. The smallest absolute Gasteiger partial charge is 0.0991 e. The minimum absolute atomic E-state index is 0.225. The summed E-state index contributed by atoms with van der Waals surface area (Å²) < 4.78 is 0. The van der Waals surface area contributed by atoms with Gasteiger partial charge in [-0.05, 0) is 31.2 Å². The molecular weight excluding hydrogens is 188 g/mol. The van der Waals surface area contributed by atoms with Gasteiger partial charge >= 0.3 is 0 Å². The number of hydrogen-bond donors (Lipinski definition) is 1. The molecule has 80 valence electrons. The second-order valence-electron chi connectivity index (χ2n) is 3.63. The van der Waals surface area contributed by atoms with Gasteiger partial charge in [-0.2, -0.15) is 5.26 Å². The Morgan fingerprint density at radius 3 is 2.93 bits per heavy atom. The molecule has 1 rings (SSSR count). The van der Waals surface area contributed by atoms with E-state index in [2.05, 4.69) is 11.0 Å². The molecule has 1 aromatic carbocycles. The summed E-state index contributed by atoms with van der Waals surface area (Å²) in [5.74, 6) is 0. The monoisotopic (exact) mass is 204 g/mol. The van der Waals surface area contributed by atoms with E-state index in [0.29, 0.717) is 5.56 Å². The number of aliphatic hydroxyl groups is 1. The Bertz CT molecular complexity index is 344. The van der Waals surface area contributed by atoms with Gasteiger partial charge in [0.15, 0.2) is 0 Å². The maximum Gasteiger partial charge on any atom is 0.0991 e. The van der Waals surface area contributed by atoms with Crippen LogP contribution in [0.5, 0.6) is 0 Å². The van der Waals surface area contributed by atoms with Crippen molar-refractivity contribution in [1.82, 2.24) is 4.90 Å². The van der Waals surface area contributed by atoms with Crippen molar-refractivity contribution < 1.29 is 5.11 Å². The maximum atomic E-state index is 8.74. The van der Waals surface area contributed by atoms with Crippen LogP contribution in [-0.2, 0) is 6.54 Å². The van der Waals surface area contributed by atoms with Gasteiger partial charge in [-0.3, -0.25) is 0 Å². The van der Waals surface area contributed by atoms with Crippen molar-refractivity contribution in [2.45, 2.75) is 13.0 Å². The molecule has 0 bridgehead atoms. The van der Waals surface area contributed by atoms with Crippen LogP contribution >= 0.6 is 0 Å². The largest absolute Gasteiger partial charge is 0.396 e. The summed E-state index contributed by atoms with van der Waals surface area (Å²) in [4.78, 5) is 2.13. The zero-order chi connectivity index (χ0) is 11.1. The van der Waals surface area contributed by atoms with Crippen LogP contribution in [0.2, 0.25) is 0 Å². The highest BCUT2D eigenvalue weighted by Gasteiger charge is 2.00. The third kappa shape index (κ3) is 4.11. The summed E-state index contributed by atoms with van der Waals surface area (Å²) in [6, 6.07) is 9.73. The van der Waals surface area contributed by atoms with Gasteiger partial charge in [0.1, 0.15) is 0 Å². The van der Waals surface area contributed by atoms with E-state index in [1.54, 1.807) is 6.07 Å². The highest BCUT2D eigenvalue weighted by Crippen LogP contribution is 2.06. The van der Waals surface area contributed by atoms with Crippen LogP contribution in [0.25, 0.3) is 0 Å². The normalized spacial score (nSPS) is 10.3. The molecule has 0 saturated heterocycles. The second kappa shape index (κ2) is 6.18. The van der Waals surface area contributed by atoms with Gasteiger partial charge in [0, 0.05) is 19.7 Å². The molecule has 0 unspecified atom stereocenters. The van der Waals surface area contributed by atoms with Crippen LogP contribution < -0.4 is 0 Å². The van der Waals surface area contributed by atoms with Gasteiger partial charge in [-0.15, -0.1) is 0 Å². The summed E-state index contributed by atoms with van der Waals surface area (Å²) in [7, 11) is 2.01. The molecule has 0 atom stereocenters. The van der Waals surface area contributed by atoms with E-state index in [1.807, 2.05) is 25.2 Å². The summed E-state index contributed by atoms with van der Waals surface area (Å²) in [5.41, 5.74) is 1.83. The molecule has 0 saturated carbocycles. The van der Waals surface area contributed by atoms with Crippen LogP contribution in [0.4, 0.5) is 0 Å². The predicted octanol–water partition coefficient (Wildman–Crippen LogP) is 1.37. The number of hydrogen-bond acceptors (Lipinski definition) is 3. The fourth-order valence-electron chi connectivity index (χ4n) is 1.47. The molecule has 3 heteroatoms. The molecule has 15 heavy (non-hydrogen) atoms. The molecule has 0 aliphatic heterocycles.